The number of hydrogen-bond donors (Lipinski definition) is 1. The van der Waals surface area contributed by atoms with Gasteiger partial charge in [0.1, 0.15) is 5.82 Å². The first-order valence-corrected chi connectivity index (χ1v) is 6.34. The Morgan fingerprint density at radius 3 is 3.00 bits per heavy atom. The first-order valence-electron chi connectivity index (χ1n) is 5.55. The van der Waals surface area contributed by atoms with Gasteiger partial charge in [0, 0.05) is 22.7 Å². The standard InChI is InChI=1S/C12H16BrFN2/c1-16-6-2-3-10(8-16)15-12-5-4-9(14)7-11(12)13/h4-5,7,10,15H,2-3,6,8H2,1H3. The first kappa shape index (κ1) is 11.9. The smallest absolute Gasteiger partial charge is 0.124 e. The number of likely N-dealkylation sites (tertiary alicyclic amines) is 1. The first-order chi connectivity index (χ1) is 7.65. The zero-order valence-corrected chi connectivity index (χ0v) is 10.9. The molecule has 1 saturated heterocycles. The lowest BCUT2D eigenvalue weighted by Crippen LogP contribution is -2.39. The second kappa shape index (κ2) is 5.15. The largest absolute Gasteiger partial charge is 0.380 e. The highest BCUT2D eigenvalue weighted by molar-refractivity contribution is 9.10. The van der Waals surface area contributed by atoms with E-state index in [1.807, 2.05) is 0 Å². The molecule has 1 aliphatic rings. The molecule has 1 aromatic rings. The van der Waals surface area contributed by atoms with Crippen LogP contribution < -0.4 is 5.32 Å². The van der Waals surface area contributed by atoms with Gasteiger partial charge in [-0.3, -0.25) is 0 Å². The van der Waals surface area contributed by atoms with Crippen LogP contribution in [0.2, 0.25) is 0 Å². The highest BCUT2D eigenvalue weighted by Gasteiger charge is 2.17. The van der Waals surface area contributed by atoms with Gasteiger partial charge in [-0.25, -0.2) is 4.39 Å². The van der Waals surface area contributed by atoms with Crippen molar-refractivity contribution in [3.05, 3.63) is 28.5 Å². The molecule has 1 aliphatic heterocycles. The predicted molar refractivity (Wildman–Crippen MR) is 68.2 cm³/mol. The molecular weight excluding hydrogens is 271 g/mol. The van der Waals surface area contributed by atoms with E-state index in [1.54, 1.807) is 6.07 Å². The van der Waals surface area contributed by atoms with Crippen LogP contribution in [0.3, 0.4) is 0 Å². The molecule has 16 heavy (non-hydrogen) atoms. The van der Waals surface area contributed by atoms with Crippen LogP contribution in [0.5, 0.6) is 0 Å². The lowest BCUT2D eigenvalue weighted by atomic mass is 10.1. The van der Waals surface area contributed by atoms with Gasteiger partial charge in [0.15, 0.2) is 0 Å². The normalized spacial score (nSPS) is 22.1. The summed E-state index contributed by atoms with van der Waals surface area (Å²) in [4.78, 5) is 2.32. The molecule has 0 aromatic heterocycles. The van der Waals surface area contributed by atoms with E-state index in [9.17, 15) is 4.39 Å². The second-order valence-corrected chi connectivity index (χ2v) is 5.22. The van der Waals surface area contributed by atoms with E-state index in [0.717, 1.165) is 16.7 Å². The molecule has 1 fully saturated rings. The van der Waals surface area contributed by atoms with Gasteiger partial charge < -0.3 is 10.2 Å². The van der Waals surface area contributed by atoms with Gasteiger partial charge in [0.2, 0.25) is 0 Å². The minimum absolute atomic E-state index is 0.210. The SMILES string of the molecule is CN1CCCC(Nc2ccc(F)cc2Br)C1. The van der Waals surface area contributed by atoms with Crippen LogP contribution in [0.25, 0.3) is 0 Å². The maximum absolute atomic E-state index is 12.9. The van der Waals surface area contributed by atoms with E-state index in [2.05, 4.69) is 33.2 Å². The van der Waals surface area contributed by atoms with Crippen molar-refractivity contribution in [3.63, 3.8) is 0 Å². The minimum Gasteiger partial charge on any atom is -0.380 e. The van der Waals surface area contributed by atoms with Crippen molar-refractivity contribution in [2.75, 3.05) is 25.5 Å². The summed E-state index contributed by atoms with van der Waals surface area (Å²) < 4.78 is 13.7. The van der Waals surface area contributed by atoms with Crippen molar-refractivity contribution >= 4 is 21.6 Å². The van der Waals surface area contributed by atoms with Crippen molar-refractivity contribution in [1.29, 1.82) is 0 Å². The molecule has 1 unspecified atom stereocenters. The summed E-state index contributed by atoms with van der Waals surface area (Å²) in [6.07, 6.45) is 2.39. The number of nitrogens with zero attached hydrogens (tertiary/aromatic N) is 1. The number of benzene rings is 1. The molecule has 0 spiro atoms. The lowest BCUT2D eigenvalue weighted by molar-refractivity contribution is 0.261. The maximum Gasteiger partial charge on any atom is 0.124 e. The molecule has 4 heteroatoms. The Labute approximate surface area is 104 Å². The highest BCUT2D eigenvalue weighted by Crippen LogP contribution is 2.25. The van der Waals surface area contributed by atoms with Gasteiger partial charge in [-0.1, -0.05) is 0 Å². The number of anilines is 1. The Balaban J connectivity index is 2.02. The zero-order valence-electron chi connectivity index (χ0n) is 9.34. The molecule has 2 rings (SSSR count). The van der Waals surface area contributed by atoms with Gasteiger partial charge in [0.05, 0.1) is 0 Å². The number of halogens is 2. The van der Waals surface area contributed by atoms with E-state index >= 15 is 0 Å². The number of rotatable bonds is 2. The highest BCUT2D eigenvalue weighted by atomic mass is 79.9. The van der Waals surface area contributed by atoms with Crippen molar-refractivity contribution < 1.29 is 4.39 Å². The molecule has 1 atom stereocenters. The summed E-state index contributed by atoms with van der Waals surface area (Å²) in [6.45, 7) is 2.21. The molecule has 0 aliphatic carbocycles. The topological polar surface area (TPSA) is 15.3 Å². The minimum atomic E-state index is -0.210. The van der Waals surface area contributed by atoms with Gasteiger partial charge in [-0.2, -0.15) is 0 Å². The third kappa shape index (κ3) is 2.95. The van der Waals surface area contributed by atoms with Crippen LogP contribution in [0.15, 0.2) is 22.7 Å². The van der Waals surface area contributed by atoms with E-state index in [4.69, 9.17) is 0 Å². The molecule has 2 nitrogen and oxygen atoms in total. The molecule has 0 radical (unpaired) electrons. The molecule has 88 valence electrons. The van der Waals surface area contributed by atoms with Crippen LogP contribution in [0.4, 0.5) is 10.1 Å². The molecule has 1 heterocycles. The van der Waals surface area contributed by atoms with Crippen molar-refractivity contribution in [3.8, 4) is 0 Å². The Kier molecular flexibility index (Phi) is 3.82. The zero-order chi connectivity index (χ0) is 11.5. The van der Waals surface area contributed by atoms with E-state index in [-0.39, 0.29) is 5.82 Å². The Morgan fingerprint density at radius 2 is 2.31 bits per heavy atom. The van der Waals surface area contributed by atoms with E-state index < -0.39 is 0 Å². The van der Waals surface area contributed by atoms with Gasteiger partial charge >= 0.3 is 0 Å². The fraction of sp³-hybridized carbons (Fsp3) is 0.500. The third-order valence-corrected chi connectivity index (χ3v) is 3.57. The van der Waals surface area contributed by atoms with Crippen LogP contribution in [0.1, 0.15) is 12.8 Å². The van der Waals surface area contributed by atoms with Crippen molar-refractivity contribution in [1.82, 2.24) is 4.90 Å². The molecule has 1 aromatic carbocycles. The summed E-state index contributed by atoms with van der Waals surface area (Å²) in [5.74, 6) is -0.210. The molecule has 0 amide bonds. The van der Waals surface area contributed by atoms with Crippen LogP contribution in [0, 0.1) is 5.82 Å². The summed E-state index contributed by atoms with van der Waals surface area (Å²) >= 11 is 3.37. The lowest BCUT2D eigenvalue weighted by Gasteiger charge is -2.31. The average molecular weight is 287 g/mol. The predicted octanol–water partition coefficient (Wildman–Crippen LogP) is 3.09. The van der Waals surface area contributed by atoms with Gasteiger partial charge in [0.25, 0.3) is 0 Å². The van der Waals surface area contributed by atoms with Gasteiger partial charge in [-0.15, -0.1) is 0 Å². The fourth-order valence-corrected chi connectivity index (χ4v) is 2.58. The summed E-state index contributed by atoms with van der Waals surface area (Å²) in [6, 6.07) is 5.23. The number of hydrogen-bond acceptors (Lipinski definition) is 2. The summed E-state index contributed by atoms with van der Waals surface area (Å²) in [5, 5.41) is 3.45. The Bertz CT molecular complexity index is 370. The molecule has 0 bridgehead atoms. The average Bonchev–Trinajstić information content (AvgIpc) is 2.22. The second-order valence-electron chi connectivity index (χ2n) is 4.37. The maximum atomic E-state index is 12.9. The van der Waals surface area contributed by atoms with Crippen LogP contribution >= 0.6 is 15.9 Å². The number of nitrogens with one attached hydrogen (secondary N) is 1. The molecule has 0 saturated carbocycles. The van der Waals surface area contributed by atoms with Crippen molar-refractivity contribution in [2.45, 2.75) is 18.9 Å². The number of likely N-dealkylation sites (N-methyl/N-ethyl adjacent to an activating group) is 1. The summed E-state index contributed by atoms with van der Waals surface area (Å²) in [5.41, 5.74) is 0.974. The monoisotopic (exact) mass is 286 g/mol. The van der Waals surface area contributed by atoms with Gasteiger partial charge in [-0.05, 0) is 60.6 Å². The fourth-order valence-electron chi connectivity index (χ4n) is 2.11. The van der Waals surface area contributed by atoms with E-state index in [0.29, 0.717) is 6.04 Å². The van der Waals surface area contributed by atoms with Crippen molar-refractivity contribution in [2.24, 2.45) is 0 Å². The number of piperidine rings is 1. The Morgan fingerprint density at radius 1 is 1.50 bits per heavy atom. The Hall–Kier alpha value is -0.610. The van der Waals surface area contributed by atoms with Crippen LogP contribution in [-0.2, 0) is 0 Å². The third-order valence-electron chi connectivity index (χ3n) is 2.92. The van der Waals surface area contributed by atoms with Crippen LogP contribution in [-0.4, -0.2) is 31.1 Å². The molecular formula is C12H16BrFN2. The summed E-state index contributed by atoms with van der Waals surface area (Å²) in [7, 11) is 2.13. The quantitative estimate of drug-likeness (QED) is 0.899. The van der Waals surface area contributed by atoms with E-state index in [1.165, 1.54) is 31.5 Å². The molecule has 1 N–H and O–H groups in total.